The molecule has 4 heteroatoms. The van der Waals surface area contributed by atoms with Crippen LogP contribution in [0.25, 0.3) is 10.1 Å². The second kappa shape index (κ2) is 3.33. The third-order valence-electron chi connectivity index (χ3n) is 1.75. The van der Waals surface area contributed by atoms with Gasteiger partial charge in [0.1, 0.15) is 0 Å². The van der Waals surface area contributed by atoms with Crippen LogP contribution in [0.15, 0.2) is 26.9 Å². The van der Waals surface area contributed by atoms with Gasteiger partial charge < -0.3 is 0 Å². The van der Waals surface area contributed by atoms with Gasteiger partial charge >= 0.3 is 0 Å². The summed E-state index contributed by atoms with van der Waals surface area (Å²) in [5.41, 5.74) is 0.703. The van der Waals surface area contributed by atoms with E-state index in [1.165, 1.54) is 0 Å². The molecule has 1 aromatic carbocycles. The van der Waals surface area contributed by atoms with E-state index in [1.807, 2.05) is 12.1 Å². The highest BCUT2D eigenvalue weighted by Crippen LogP contribution is 2.35. The van der Waals surface area contributed by atoms with Crippen LogP contribution in [0.5, 0.6) is 0 Å². The molecule has 2 aromatic rings. The summed E-state index contributed by atoms with van der Waals surface area (Å²) in [6, 6.07) is 7.77. The lowest BCUT2D eigenvalue weighted by Gasteiger charge is -1.95. The van der Waals surface area contributed by atoms with E-state index in [-0.39, 0.29) is 0 Å². The number of nitriles is 1. The first-order chi connectivity index (χ1) is 6.22. The van der Waals surface area contributed by atoms with E-state index >= 15 is 0 Å². The predicted octanol–water partition coefficient (Wildman–Crippen LogP) is 3.82. The van der Waals surface area contributed by atoms with Crippen molar-refractivity contribution in [1.29, 1.82) is 5.26 Å². The first kappa shape index (κ1) is 9.07. The van der Waals surface area contributed by atoms with Crippen LogP contribution in [0.2, 0.25) is 0 Å². The minimum Gasteiger partial charge on any atom is -0.192 e. The fourth-order valence-corrected chi connectivity index (χ4v) is 3.05. The molecule has 0 saturated carbocycles. The molecule has 0 aliphatic carbocycles. The zero-order valence-electron chi connectivity index (χ0n) is 6.41. The number of thiol groups is 1. The van der Waals surface area contributed by atoms with E-state index in [4.69, 9.17) is 5.26 Å². The summed E-state index contributed by atoms with van der Waals surface area (Å²) in [5, 5.41) is 9.83. The van der Waals surface area contributed by atoms with Gasteiger partial charge in [-0.05, 0) is 34.1 Å². The van der Waals surface area contributed by atoms with E-state index in [0.29, 0.717) is 5.56 Å². The lowest BCUT2D eigenvalue weighted by atomic mass is 10.1. The first-order valence-corrected chi connectivity index (χ1v) is 5.59. The third kappa shape index (κ3) is 1.48. The second-order valence-electron chi connectivity index (χ2n) is 2.54. The lowest BCUT2D eigenvalue weighted by molar-refractivity contribution is 1.49. The van der Waals surface area contributed by atoms with Gasteiger partial charge in [-0.2, -0.15) is 5.26 Å². The van der Waals surface area contributed by atoms with Crippen molar-refractivity contribution in [1.82, 2.24) is 0 Å². The molecule has 0 saturated heterocycles. The fraction of sp³-hybridized carbons (Fsp3) is 0. The van der Waals surface area contributed by atoms with Gasteiger partial charge in [-0.15, -0.1) is 24.0 Å². The number of fused-ring (bicyclic) bond motifs is 1. The van der Waals surface area contributed by atoms with E-state index in [0.717, 1.165) is 18.8 Å². The number of thiophene rings is 1. The molecule has 0 bridgehead atoms. The van der Waals surface area contributed by atoms with Crippen molar-refractivity contribution >= 4 is 50.0 Å². The first-order valence-electron chi connectivity index (χ1n) is 3.53. The van der Waals surface area contributed by atoms with Crippen LogP contribution in [0, 0.1) is 11.3 Å². The van der Waals surface area contributed by atoms with Crippen molar-refractivity contribution in [2.24, 2.45) is 0 Å². The molecule has 0 atom stereocenters. The van der Waals surface area contributed by atoms with Crippen molar-refractivity contribution in [3.8, 4) is 6.07 Å². The van der Waals surface area contributed by atoms with Crippen LogP contribution in [0.4, 0.5) is 0 Å². The van der Waals surface area contributed by atoms with Crippen LogP contribution in [0.1, 0.15) is 5.56 Å². The Morgan fingerprint density at radius 1 is 1.46 bits per heavy atom. The van der Waals surface area contributed by atoms with Crippen LogP contribution in [-0.2, 0) is 0 Å². The molecular weight excluding hydrogens is 266 g/mol. The summed E-state index contributed by atoms with van der Waals surface area (Å²) in [4.78, 5) is 0.921. The Morgan fingerprint density at radius 3 is 2.92 bits per heavy atom. The molecule has 0 aliphatic heterocycles. The minimum absolute atomic E-state index is 0.703. The van der Waals surface area contributed by atoms with Crippen molar-refractivity contribution in [3.05, 3.63) is 27.5 Å². The summed E-state index contributed by atoms with van der Waals surface area (Å²) in [5.74, 6) is 0. The number of nitrogens with zero attached hydrogens (tertiary/aromatic N) is 1. The highest BCUT2D eigenvalue weighted by atomic mass is 79.9. The zero-order valence-corrected chi connectivity index (χ0v) is 9.71. The highest BCUT2D eigenvalue weighted by Gasteiger charge is 2.06. The highest BCUT2D eigenvalue weighted by molar-refractivity contribution is 9.11. The number of benzene rings is 1. The fourth-order valence-electron chi connectivity index (χ4n) is 1.18. The van der Waals surface area contributed by atoms with E-state index in [9.17, 15) is 0 Å². The smallest absolute Gasteiger partial charge is 0.0998 e. The molecule has 1 nitrogen and oxygen atoms in total. The van der Waals surface area contributed by atoms with Crippen molar-refractivity contribution in [2.45, 2.75) is 4.90 Å². The van der Waals surface area contributed by atoms with Crippen molar-refractivity contribution in [3.63, 3.8) is 0 Å². The maximum Gasteiger partial charge on any atom is 0.0998 e. The Kier molecular flexibility index (Phi) is 2.33. The van der Waals surface area contributed by atoms with Gasteiger partial charge in [0.15, 0.2) is 0 Å². The molecule has 0 radical (unpaired) electrons. The van der Waals surface area contributed by atoms with Gasteiger partial charge in [0, 0.05) is 10.3 Å². The Morgan fingerprint density at radius 2 is 2.23 bits per heavy atom. The number of hydrogen-bond donors (Lipinski definition) is 1. The largest absolute Gasteiger partial charge is 0.192 e. The van der Waals surface area contributed by atoms with Crippen LogP contribution in [-0.4, -0.2) is 0 Å². The Bertz CT molecular complexity index is 510. The van der Waals surface area contributed by atoms with Gasteiger partial charge in [0.2, 0.25) is 0 Å². The Hall–Kier alpha value is -0.500. The van der Waals surface area contributed by atoms with Crippen LogP contribution >= 0.6 is 39.9 Å². The average Bonchev–Trinajstić information content (AvgIpc) is 2.48. The van der Waals surface area contributed by atoms with Crippen LogP contribution in [0.3, 0.4) is 0 Å². The minimum atomic E-state index is 0.703. The maximum absolute atomic E-state index is 8.85. The topological polar surface area (TPSA) is 23.8 Å². The monoisotopic (exact) mass is 269 g/mol. The summed E-state index contributed by atoms with van der Waals surface area (Å²) in [6.07, 6.45) is 0. The number of rotatable bonds is 0. The van der Waals surface area contributed by atoms with E-state index < -0.39 is 0 Å². The second-order valence-corrected chi connectivity index (χ2v) is 5.45. The predicted molar refractivity (Wildman–Crippen MR) is 61.5 cm³/mol. The molecule has 13 heavy (non-hydrogen) atoms. The molecule has 0 unspecified atom stereocenters. The average molecular weight is 270 g/mol. The molecule has 2 rings (SSSR count). The molecule has 1 heterocycles. The van der Waals surface area contributed by atoms with E-state index in [2.05, 4.69) is 34.6 Å². The molecular formula is C9H4BrNS2. The standard InChI is InChI=1S/C9H4BrNS2/c10-8-3-6-5(4-11)1-2-7(12)9(6)13-8/h1-3,12H. The summed E-state index contributed by atoms with van der Waals surface area (Å²) in [7, 11) is 0. The van der Waals surface area contributed by atoms with Crippen molar-refractivity contribution in [2.75, 3.05) is 0 Å². The normalized spacial score (nSPS) is 10.2. The number of halogens is 1. The Balaban J connectivity index is 2.94. The third-order valence-corrected chi connectivity index (χ3v) is 3.95. The van der Waals surface area contributed by atoms with Gasteiger partial charge in [-0.25, -0.2) is 0 Å². The van der Waals surface area contributed by atoms with Gasteiger partial charge in [0.25, 0.3) is 0 Å². The van der Waals surface area contributed by atoms with Gasteiger partial charge in [-0.1, -0.05) is 0 Å². The molecule has 0 aliphatic rings. The van der Waals surface area contributed by atoms with Crippen molar-refractivity contribution < 1.29 is 0 Å². The molecule has 1 aromatic heterocycles. The summed E-state index contributed by atoms with van der Waals surface area (Å²) >= 11 is 9.32. The van der Waals surface area contributed by atoms with Gasteiger partial charge in [-0.3, -0.25) is 0 Å². The van der Waals surface area contributed by atoms with E-state index in [1.54, 1.807) is 17.4 Å². The molecule has 0 amide bonds. The SMILES string of the molecule is N#Cc1ccc(S)c2sc(Br)cc12. The maximum atomic E-state index is 8.85. The lowest BCUT2D eigenvalue weighted by Crippen LogP contribution is -1.74. The summed E-state index contributed by atoms with van der Waals surface area (Å²) < 4.78 is 2.09. The Labute approximate surface area is 93.5 Å². The quantitative estimate of drug-likeness (QED) is 0.723. The van der Waals surface area contributed by atoms with Crippen LogP contribution < -0.4 is 0 Å². The zero-order chi connectivity index (χ0) is 9.42. The molecule has 0 spiro atoms. The molecule has 0 N–H and O–H groups in total. The summed E-state index contributed by atoms with van der Waals surface area (Å²) in [6.45, 7) is 0. The van der Waals surface area contributed by atoms with Gasteiger partial charge in [0.05, 0.1) is 20.1 Å². The number of hydrogen-bond acceptors (Lipinski definition) is 3. The molecule has 0 fully saturated rings. The molecule has 64 valence electrons.